The van der Waals surface area contributed by atoms with Crippen LogP contribution in [0.4, 0.5) is 23.1 Å². The lowest BCUT2D eigenvalue weighted by molar-refractivity contribution is 1.07. The summed E-state index contributed by atoms with van der Waals surface area (Å²) in [5, 5.41) is 3.27. The largest absolute Gasteiger partial charge is 0.377 e. The Bertz CT molecular complexity index is 609. The van der Waals surface area contributed by atoms with E-state index >= 15 is 0 Å². The summed E-state index contributed by atoms with van der Waals surface area (Å²) in [4.78, 5) is 10.5. The molecule has 4 N–H and O–H groups in total. The molecule has 0 atom stereocenters. The molecule has 0 radical (unpaired) electrons. The van der Waals surface area contributed by atoms with Gasteiger partial charge in [0, 0.05) is 37.2 Å². The number of nitrogens with two attached hydrogens (primary N) is 1. The Morgan fingerprint density at radius 2 is 1.85 bits per heavy atom. The normalized spacial score (nSPS) is 10.2. The van der Waals surface area contributed by atoms with Crippen molar-refractivity contribution in [3.05, 3.63) is 35.5 Å². The minimum absolute atomic E-state index is 0.396. The van der Waals surface area contributed by atoms with Crippen LogP contribution in [0.2, 0.25) is 0 Å². The topological polar surface area (TPSA) is 79.1 Å². The number of hydrogen-bond donors (Lipinski definition) is 3. The summed E-state index contributed by atoms with van der Waals surface area (Å²) < 4.78 is 0. The third-order valence-electron chi connectivity index (χ3n) is 2.95. The van der Waals surface area contributed by atoms with Gasteiger partial charge in [0.2, 0.25) is 5.95 Å². The van der Waals surface area contributed by atoms with Crippen molar-refractivity contribution in [1.82, 2.24) is 9.97 Å². The molecule has 2 rings (SSSR count). The molecule has 0 saturated heterocycles. The fourth-order valence-electron chi connectivity index (χ4n) is 2.01. The van der Waals surface area contributed by atoms with E-state index in [1.165, 1.54) is 5.56 Å². The first kappa shape index (κ1) is 14.1. The highest BCUT2D eigenvalue weighted by Gasteiger charge is 2.05. The molecule has 0 unspecified atom stereocenters. The van der Waals surface area contributed by atoms with Crippen LogP contribution in [0.25, 0.3) is 0 Å². The van der Waals surface area contributed by atoms with Gasteiger partial charge in [-0.3, -0.25) is 5.43 Å². The van der Waals surface area contributed by atoms with E-state index in [1.54, 1.807) is 0 Å². The number of aryl methyl sites for hydroxylation is 2. The van der Waals surface area contributed by atoms with Gasteiger partial charge in [-0.25, -0.2) is 10.8 Å². The molecule has 6 heteroatoms. The van der Waals surface area contributed by atoms with E-state index < -0.39 is 0 Å². The molecule has 20 heavy (non-hydrogen) atoms. The fraction of sp³-hybridized carbons (Fsp3) is 0.286. The lowest BCUT2D eigenvalue weighted by Gasteiger charge is -2.17. The first-order valence-corrected chi connectivity index (χ1v) is 6.37. The molecule has 0 aliphatic rings. The SMILES string of the molecule is Cc1cc(Nc2ccc(C)c(N(C)C)c2)nc(NN)n1. The van der Waals surface area contributed by atoms with Crippen molar-refractivity contribution in [3.8, 4) is 0 Å². The summed E-state index contributed by atoms with van der Waals surface area (Å²) >= 11 is 0. The van der Waals surface area contributed by atoms with Crippen LogP contribution >= 0.6 is 0 Å². The first-order valence-electron chi connectivity index (χ1n) is 6.37. The van der Waals surface area contributed by atoms with E-state index in [-0.39, 0.29) is 0 Å². The smallest absolute Gasteiger partial charge is 0.239 e. The highest BCUT2D eigenvalue weighted by molar-refractivity contribution is 5.66. The second-order valence-electron chi connectivity index (χ2n) is 4.88. The molecule has 0 bridgehead atoms. The summed E-state index contributed by atoms with van der Waals surface area (Å²) in [5.74, 6) is 6.46. The molecule has 6 nitrogen and oxygen atoms in total. The van der Waals surface area contributed by atoms with Gasteiger partial charge >= 0.3 is 0 Å². The Labute approximate surface area is 119 Å². The lowest BCUT2D eigenvalue weighted by atomic mass is 10.1. The molecule has 1 aromatic carbocycles. The van der Waals surface area contributed by atoms with Gasteiger partial charge in [-0.1, -0.05) is 6.07 Å². The summed E-state index contributed by atoms with van der Waals surface area (Å²) in [5.41, 5.74) is 6.67. The Morgan fingerprint density at radius 3 is 2.50 bits per heavy atom. The van der Waals surface area contributed by atoms with Crippen molar-refractivity contribution < 1.29 is 0 Å². The Morgan fingerprint density at radius 1 is 1.10 bits per heavy atom. The molecule has 0 amide bonds. The van der Waals surface area contributed by atoms with Gasteiger partial charge in [0.15, 0.2) is 0 Å². The molecule has 2 aromatic rings. The average molecular weight is 272 g/mol. The van der Waals surface area contributed by atoms with Crippen LogP contribution in [-0.4, -0.2) is 24.1 Å². The zero-order chi connectivity index (χ0) is 14.7. The second kappa shape index (κ2) is 5.75. The van der Waals surface area contributed by atoms with E-state index in [1.807, 2.05) is 33.2 Å². The molecule has 0 spiro atoms. The maximum atomic E-state index is 5.36. The van der Waals surface area contributed by atoms with E-state index in [0.717, 1.165) is 17.1 Å². The fourth-order valence-corrected chi connectivity index (χ4v) is 2.01. The van der Waals surface area contributed by atoms with Crippen LogP contribution < -0.4 is 21.5 Å². The minimum atomic E-state index is 0.396. The number of aromatic nitrogens is 2. The van der Waals surface area contributed by atoms with Gasteiger partial charge in [-0.15, -0.1) is 0 Å². The predicted molar refractivity (Wildman–Crippen MR) is 83.4 cm³/mol. The van der Waals surface area contributed by atoms with Crippen molar-refractivity contribution in [3.63, 3.8) is 0 Å². The lowest BCUT2D eigenvalue weighted by Crippen LogP contribution is -2.12. The van der Waals surface area contributed by atoms with Gasteiger partial charge < -0.3 is 10.2 Å². The quantitative estimate of drug-likeness (QED) is 0.585. The van der Waals surface area contributed by atoms with Crippen molar-refractivity contribution in [1.29, 1.82) is 0 Å². The van der Waals surface area contributed by atoms with Gasteiger partial charge in [0.05, 0.1) is 0 Å². The molecule has 1 aromatic heterocycles. The highest BCUT2D eigenvalue weighted by Crippen LogP contribution is 2.24. The summed E-state index contributed by atoms with van der Waals surface area (Å²) in [6.45, 7) is 3.98. The maximum absolute atomic E-state index is 5.36. The molecule has 0 aliphatic carbocycles. The number of benzene rings is 1. The van der Waals surface area contributed by atoms with Crippen LogP contribution in [0.5, 0.6) is 0 Å². The number of nitrogens with one attached hydrogen (secondary N) is 2. The number of hydrogen-bond acceptors (Lipinski definition) is 6. The second-order valence-corrected chi connectivity index (χ2v) is 4.88. The monoisotopic (exact) mass is 272 g/mol. The number of anilines is 4. The van der Waals surface area contributed by atoms with Crippen molar-refractivity contribution in [2.75, 3.05) is 29.7 Å². The minimum Gasteiger partial charge on any atom is -0.377 e. The van der Waals surface area contributed by atoms with Crippen LogP contribution in [0.15, 0.2) is 24.3 Å². The van der Waals surface area contributed by atoms with Crippen molar-refractivity contribution in [2.24, 2.45) is 5.84 Å². The Hall–Kier alpha value is -2.34. The zero-order valence-corrected chi connectivity index (χ0v) is 12.2. The number of hydrazine groups is 1. The van der Waals surface area contributed by atoms with Crippen LogP contribution in [0.1, 0.15) is 11.3 Å². The van der Waals surface area contributed by atoms with E-state index in [9.17, 15) is 0 Å². The number of nitrogens with zero attached hydrogens (tertiary/aromatic N) is 3. The third kappa shape index (κ3) is 3.16. The molecule has 0 saturated carbocycles. The summed E-state index contributed by atoms with van der Waals surface area (Å²) in [6.07, 6.45) is 0. The van der Waals surface area contributed by atoms with E-state index in [0.29, 0.717) is 11.8 Å². The van der Waals surface area contributed by atoms with Gasteiger partial charge in [0.1, 0.15) is 5.82 Å². The standard InChI is InChI=1S/C14H20N6/c1-9-5-6-11(8-12(9)20(3)4)17-13-7-10(2)16-14(18-13)19-15/h5-8H,15H2,1-4H3,(H2,16,17,18,19). The van der Waals surface area contributed by atoms with Crippen LogP contribution in [-0.2, 0) is 0 Å². The van der Waals surface area contributed by atoms with Crippen molar-refractivity contribution in [2.45, 2.75) is 13.8 Å². The maximum Gasteiger partial charge on any atom is 0.239 e. The van der Waals surface area contributed by atoms with Gasteiger partial charge in [0.25, 0.3) is 0 Å². The summed E-state index contributed by atoms with van der Waals surface area (Å²) in [6, 6.07) is 8.06. The van der Waals surface area contributed by atoms with Gasteiger partial charge in [-0.05, 0) is 31.5 Å². The zero-order valence-electron chi connectivity index (χ0n) is 12.2. The average Bonchev–Trinajstić information content (AvgIpc) is 2.40. The molecule has 0 fully saturated rings. The molecule has 0 aliphatic heterocycles. The third-order valence-corrected chi connectivity index (χ3v) is 2.95. The van der Waals surface area contributed by atoms with E-state index in [2.05, 4.69) is 44.7 Å². The number of rotatable bonds is 4. The molecule has 106 valence electrons. The summed E-state index contributed by atoms with van der Waals surface area (Å²) in [7, 11) is 4.05. The number of nitrogen functional groups attached to an aromatic ring is 1. The highest BCUT2D eigenvalue weighted by atomic mass is 15.3. The Kier molecular flexibility index (Phi) is 4.05. The van der Waals surface area contributed by atoms with Crippen molar-refractivity contribution >= 4 is 23.1 Å². The van der Waals surface area contributed by atoms with E-state index in [4.69, 9.17) is 5.84 Å². The predicted octanol–water partition coefficient (Wildman–Crippen LogP) is 2.19. The Balaban J connectivity index is 2.30. The van der Waals surface area contributed by atoms with Crippen LogP contribution in [0, 0.1) is 13.8 Å². The molecule has 1 heterocycles. The molecular weight excluding hydrogens is 252 g/mol. The molecular formula is C14H20N6. The first-order chi connectivity index (χ1) is 9.49. The van der Waals surface area contributed by atoms with Gasteiger partial charge in [-0.2, -0.15) is 4.98 Å². The van der Waals surface area contributed by atoms with Crippen LogP contribution in [0.3, 0.4) is 0 Å².